The molecule has 0 spiro atoms. The molecule has 1 N–H and O–H groups in total. The highest BCUT2D eigenvalue weighted by Gasteiger charge is 2.37. The molecule has 0 unspecified atom stereocenters. The fourth-order valence-electron chi connectivity index (χ4n) is 4.21. The van der Waals surface area contributed by atoms with Gasteiger partial charge in [0, 0.05) is 12.2 Å². The molecular formula is C29H30N2O7S. The number of carbonyl (C=O) groups excluding carboxylic acids is 2. The molecule has 1 aliphatic heterocycles. The van der Waals surface area contributed by atoms with Crippen molar-refractivity contribution in [3.8, 4) is 5.75 Å². The van der Waals surface area contributed by atoms with E-state index in [1.807, 2.05) is 31.2 Å². The molecule has 0 atom stereocenters. The lowest BCUT2D eigenvalue weighted by atomic mass is 10.1. The molecule has 10 heteroatoms. The quantitative estimate of drug-likeness (QED) is 0.300. The molecule has 39 heavy (non-hydrogen) atoms. The summed E-state index contributed by atoms with van der Waals surface area (Å²) < 4.78 is 43.6. The number of esters is 1. The van der Waals surface area contributed by atoms with Gasteiger partial charge < -0.3 is 18.8 Å². The molecule has 3 aromatic rings. The molecule has 1 amide bonds. The van der Waals surface area contributed by atoms with Crippen molar-refractivity contribution >= 4 is 28.0 Å². The van der Waals surface area contributed by atoms with Crippen LogP contribution in [0.3, 0.4) is 0 Å². The van der Waals surface area contributed by atoms with Crippen LogP contribution in [0, 0.1) is 6.92 Å². The largest absolute Gasteiger partial charge is 0.497 e. The Kier molecular flexibility index (Phi) is 8.37. The molecule has 0 bridgehead atoms. The first-order valence-electron chi connectivity index (χ1n) is 12.2. The van der Waals surface area contributed by atoms with Crippen molar-refractivity contribution in [1.82, 2.24) is 9.62 Å². The Labute approximate surface area is 227 Å². The minimum atomic E-state index is -3.73. The van der Waals surface area contributed by atoms with Crippen molar-refractivity contribution < 1.29 is 31.9 Å². The van der Waals surface area contributed by atoms with Gasteiger partial charge in [0.2, 0.25) is 10.0 Å². The summed E-state index contributed by atoms with van der Waals surface area (Å²) in [4.78, 5) is 27.7. The van der Waals surface area contributed by atoms with E-state index in [0.29, 0.717) is 30.2 Å². The second kappa shape index (κ2) is 11.7. The van der Waals surface area contributed by atoms with Gasteiger partial charge in [0.15, 0.2) is 0 Å². The van der Waals surface area contributed by atoms with Gasteiger partial charge in [0.1, 0.15) is 17.3 Å². The van der Waals surface area contributed by atoms with Gasteiger partial charge in [-0.05, 0) is 68.3 Å². The van der Waals surface area contributed by atoms with E-state index >= 15 is 0 Å². The number of nitrogens with one attached hydrogen (secondary N) is 1. The number of benzene rings is 2. The van der Waals surface area contributed by atoms with E-state index in [9.17, 15) is 18.0 Å². The van der Waals surface area contributed by atoms with Gasteiger partial charge in [-0.3, -0.25) is 4.79 Å². The van der Waals surface area contributed by atoms with E-state index in [4.69, 9.17) is 13.9 Å². The van der Waals surface area contributed by atoms with E-state index in [1.165, 1.54) is 25.3 Å². The molecule has 2 heterocycles. The molecule has 204 valence electrons. The molecule has 4 rings (SSSR count). The van der Waals surface area contributed by atoms with Gasteiger partial charge in [-0.15, -0.1) is 0 Å². The van der Waals surface area contributed by atoms with Crippen LogP contribution in [0.5, 0.6) is 5.75 Å². The van der Waals surface area contributed by atoms with Crippen molar-refractivity contribution in [3.05, 3.63) is 100 Å². The molecule has 9 nitrogen and oxygen atoms in total. The third kappa shape index (κ3) is 6.30. The number of nitrogens with zero attached hydrogens (tertiary/aromatic N) is 1. The summed E-state index contributed by atoms with van der Waals surface area (Å²) in [5.41, 5.74) is 2.76. The van der Waals surface area contributed by atoms with E-state index in [1.54, 1.807) is 43.2 Å². The smallest absolute Gasteiger partial charge is 0.340 e. The van der Waals surface area contributed by atoms with Crippen LogP contribution in [0.1, 0.15) is 29.6 Å². The summed E-state index contributed by atoms with van der Waals surface area (Å²) in [6.45, 7) is 3.85. The van der Waals surface area contributed by atoms with E-state index in [-0.39, 0.29) is 28.5 Å². The van der Waals surface area contributed by atoms with Crippen LogP contribution in [-0.4, -0.2) is 46.0 Å². The Morgan fingerprint density at radius 1 is 1.00 bits per heavy atom. The number of ether oxygens (including phenoxy) is 2. The van der Waals surface area contributed by atoms with Crippen LogP contribution in [0.2, 0.25) is 0 Å². The molecule has 0 fully saturated rings. The number of hydrogen-bond acceptors (Lipinski definition) is 7. The average Bonchev–Trinajstić information content (AvgIpc) is 3.48. The Hall–Kier alpha value is -4.15. The number of carbonyl (C=O) groups is 2. The van der Waals surface area contributed by atoms with Crippen LogP contribution in [0.4, 0.5) is 0 Å². The van der Waals surface area contributed by atoms with Crippen LogP contribution in [-0.2, 0) is 37.3 Å². The highest BCUT2D eigenvalue weighted by atomic mass is 32.2. The zero-order valence-electron chi connectivity index (χ0n) is 22.2. The number of amides is 1. The second-order valence-electron chi connectivity index (χ2n) is 9.01. The van der Waals surface area contributed by atoms with Crippen molar-refractivity contribution in [2.75, 3.05) is 20.8 Å². The number of methoxy groups -OCH3 is 2. The van der Waals surface area contributed by atoms with Gasteiger partial charge in [-0.2, -0.15) is 0 Å². The zero-order chi connectivity index (χ0) is 28.2. The monoisotopic (exact) mass is 550 g/mol. The maximum atomic E-state index is 13.4. The van der Waals surface area contributed by atoms with Crippen LogP contribution < -0.4 is 9.46 Å². The standard InChI is InChI=1S/C29H30N2O7S/c1-19-5-13-25(14-6-19)39(34,35)30-18-24-12-11-23(38-24)17-26-27(29(33)37-4)20(2)31(28(26)32)16-15-21-7-9-22(36-3)10-8-21/h5-14,17,30H,15-16,18H2,1-4H3/b26-17+. The van der Waals surface area contributed by atoms with E-state index in [2.05, 4.69) is 4.72 Å². The fraction of sp³-hybridized carbons (Fsp3) is 0.241. The minimum absolute atomic E-state index is 0.0833. The summed E-state index contributed by atoms with van der Waals surface area (Å²) >= 11 is 0. The third-order valence-corrected chi connectivity index (χ3v) is 7.84. The maximum Gasteiger partial charge on any atom is 0.340 e. The average molecular weight is 551 g/mol. The molecule has 0 aliphatic carbocycles. The van der Waals surface area contributed by atoms with Crippen LogP contribution in [0.25, 0.3) is 6.08 Å². The van der Waals surface area contributed by atoms with Crippen molar-refractivity contribution in [2.24, 2.45) is 0 Å². The zero-order valence-corrected chi connectivity index (χ0v) is 23.0. The lowest BCUT2D eigenvalue weighted by molar-refractivity contribution is -0.136. The van der Waals surface area contributed by atoms with Gasteiger partial charge >= 0.3 is 5.97 Å². The molecule has 2 aromatic carbocycles. The Bertz CT molecular complexity index is 1530. The Morgan fingerprint density at radius 2 is 1.69 bits per heavy atom. The van der Waals surface area contributed by atoms with Crippen molar-refractivity contribution in [2.45, 2.75) is 31.7 Å². The summed E-state index contributed by atoms with van der Waals surface area (Å²) in [5, 5.41) is 0. The molecule has 0 saturated carbocycles. The SMILES string of the molecule is COC(=O)C1=C(C)N(CCc2ccc(OC)cc2)C(=O)/C1=C/c1ccc(CNS(=O)(=O)c2ccc(C)cc2)o1. The summed E-state index contributed by atoms with van der Waals surface area (Å²) in [6.07, 6.45) is 2.05. The van der Waals surface area contributed by atoms with E-state index in [0.717, 1.165) is 16.9 Å². The first-order chi connectivity index (χ1) is 18.6. The van der Waals surface area contributed by atoms with Gasteiger partial charge in [0.05, 0.1) is 36.8 Å². The topological polar surface area (TPSA) is 115 Å². The lowest BCUT2D eigenvalue weighted by Gasteiger charge is -2.17. The lowest BCUT2D eigenvalue weighted by Crippen LogP contribution is -2.27. The number of rotatable bonds is 10. The minimum Gasteiger partial charge on any atom is -0.497 e. The second-order valence-corrected chi connectivity index (χ2v) is 10.8. The molecule has 1 aromatic heterocycles. The normalized spacial score (nSPS) is 14.8. The molecular weight excluding hydrogens is 520 g/mol. The molecule has 0 radical (unpaired) electrons. The number of furan rings is 1. The molecule has 1 aliphatic rings. The Morgan fingerprint density at radius 3 is 2.33 bits per heavy atom. The third-order valence-electron chi connectivity index (χ3n) is 6.42. The van der Waals surface area contributed by atoms with Crippen LogP contribution in [0.15, 0.2) is 86.8 Å². The highest BCUT2D eigenvalue weighted by molar-refractivity contribution is 7.89. The number of sulfonamides is 1. The highest BCUT2D eigenvalue weighted by Crippen LogP contribution is 2.32. The molecule has 0 saturated heterocycles. The fourth-order valence-corrected chi connectivity index (χ4v) is 5.20. The van der Waals surface area contributed by atoms with Gasteiger partial charge in [-0.1, -0.05) is 29.8 Å². The summed E-state index contributed by atoms with van der Waals surface area (Å²) in [5.74, 6) is 0.413. The number of aryl methyl sites for hydroxylation is 1. The van der Waals surface area contributed by atoms with E-state index < -0.39 is 16.0 Å². The maximum absolute atomic E-state index is 13.4. The predicted octanol–water partition coefficient (Wildman–Crippen LogP) is 3.99. The number of allylic oxidation sites excluding steroid dienone is 1. The first kappa shape index (κ1) is 27.9. The summed E-state index contributed by atoms with van der Waals surface area (Å²) in [7, 11) is -0.873. The van der Waals surface area contributed by atoms with Gasteiger partial charge in [-0.25, -0.2) is 17.9 Å². The number of hydrogen-bond donors (Lipinski definition) is 1. The van der Waals surface area contributed by atoms with Crippen molar-refractivity contribution in [1.29, 1.82) is 0 Å². The van der Waals surface area contributed by atoms with Crippen molar-refractivity contribution in [3.63, 3.8) is 0 Å². The first-order valence-corrected chi connectivity index (χ1v) is 13.7. The Balaban J connectivity index is 1.50. The van der Waals surface area contributed by atoms with Crippen LogP contribution >= 0.6 is 0 Å². The predicted molar refractivity (Wildman–Crippen MR) is 145 cm³/mol. The van der Waals surface area contributed by atoms with Gasteiger partial charge in [0.25, 0.3) is 5.91 Å². The summed E-state index contributed by atoms with van der Waals surface area (Å²) in [6, 6.07) is 17.3.